The summed E-state index contributed by atoms with van der Waals surface area (Å²) in [6.45, 7) is 2.01. The van der Waals surface area contributed by atoms with Gasteiger partial charge in [0.1, 0.15) is 0 Å². The van der Waals surface area contributed by atoms with Gasteiger partial charge in [-0.3, -0.25) is 0 Å². The third-order valence-electron chi connectivity index (χ3n) is 2.43. The van der Waals surface area contributed by atoms with Crippen LogP contribution in [0.3, 0.4) is 0 Å². The molecular formula is C9H12BrN5S. The Hall–Kier alpha value is -0.790. The minimum atomic E-state index is 0.0712. The van der Waals surface area contributed by atoms with Gasteiger partial charge in [-0.05, 0) is 29.9 Å². The van der Waals surface area contributed by atoms with Crippen molar-refractivity contribution in [2.24, 2.45) is 7.05 Å². The smallest absolute Gasteiger partial charge is 0.153 e. The zero-order valence-electron chi connectivity index (χ0n) is 9.23. The van der Waals surface area contributed by atoms with Gasteiger partial charge in [-0.15, -0.1) is 16.4 Å². The van der Waals surface area contributed by atoms with Crippen LogP contribution >= 0.6 is 27.3 Å². The lowest BCUT2D eigenvalue weighted by atomic mass is 10.1. The van der Waals surface area contributed by atoms with E-state index in [4.69, 9.17) is 0 Å². The lowest BCUT2D eigenvalue weighted by Gasteiger charge is -2.15. The summed E-state index contributed by atoms with van der Waals surface area (Å²) >= 11 is 5.05. The minimum absolute atomic E-state index is 0.0712. The fourth-order valence-electron chi connectivity index (χ4n) is 1.63. The van der Waals surface area contributed by atoms with Crippen molar-refractivity contribution in [3.05, 3.63) is 26.4 Å². The first-order valence-electron chi connectivity index (χ1n) is 4.77. The van der Waals surface area contributed by atoms with Crippen LogP contribution in [-0.2, 0) is 7.05 Å². The Balaban J connectivity index is 2.49. The van der Waals surface area contributed by atoms with Crippen LogP contribution in [0.2, 0.25) is 0 Å². The summed E-state index contributed by atoms with van der Waals surface area (Å²) in [4.78, 5) is 5.46. The predicted octanol–water partition coefficient (Wildman–Crippen LogP) is 1.65. The topological polar surface area (TPSA) is 55.6 Å². The van der Waals surface area contributed by atoms with Gasteiger partial charge in [0.2, 0.25) is 0 Å². The lowest BCUT2D eigenvalue weighted by Crippen LogP contribution is -2.20. The van der Waals surface area contributed by atoms with Crippen molar-refractivity contribution >= 4 is 27.3 Å². The van der Waals surface area contributed by atoms with E-state index in [2.05, 4.69) is 36.5 Å². The van der Waals surface area contributed by atoms with Crippen molar-refractivity contribution in [1.82, 2.24) is 25.3 Å². The molecule has 86 valence electrons. The van der Waals surface area contributed by atoms with E-state index in [1.807, 2.05) is 26.5 Å². The highest BCUT2D eigenvalue weighted by atomic mass is 79.9. The van der Waals surface area contributed by atoms with Crippen molar-refractivity contribution in [2.75, 3.05) is 7.05 Å². The largest absolute Gasteiger partial charge is 0.307 e. The van der Waals surface area contributed by atoms with Crippen molar-refractivity contribution in [3.8, 4) is 0 Å². The molecule has 7 heteroatoms. The number of hydrogen-bond acceptors (Lipinski definition) is 5. The molecule has 16 heavy (non-hydrogen) atoms. The van der Waals surface area contributed by atoms with Crippen LogP contribution in [0.15, 0.2) is 10.1 Å². The van der Waals surface area contributed by atoms with Crippen molar-refractivity contribution in [2.45, 2.75) is 13.0 Å². The molecule has 0 aliphatic heterocycles. The van der Waals surface area contributed by atoms with Crippen LogP contribution < -0.4 is 5.32 Å². The molecule has 2 heterocycles. The van der Waals surface area contributed by atoms with Gasteiger partial charge in [-0.1, -0.05) is 5.21 Å². The number of rotatable bonds is 3. The minimum Gasteiger partial charge on any atom is -0.307 e. The van der Waals surface area contributed by atoms with Crippen LogP contribution in [0.25, 0.3) is 0 Å². The van der Waals surface area contributed by atoms with Gasteiger partial charge >= 0.3 is 0 Å². The quantitative estimate of drug-likeness (QED) is 0.937. The van der Waals surface area contributed by atoms with E-state index in [1.165, 1.54) is 4.88 Å². The lowest BCUT2D eigenvalue weighted by molar-refractivity contribution is 0.600. The number of halogens is 1. The molecule has 0 aromatic carbocycles. The molecule has 0 spiro atoms. The van der Waals surface area contributed by atoms with E-state index in [0.29, 0.717) is 0 Å². The molecule has 2 rings (SSSR count). The summed E-state index contributed by atoms with van der Waals surface area (Å²) in [5.41, 5.74) is 3.90. The average Bonchev–Trinajstić information content (AvgIpc) is 2.80. The van der Waals surface area contributed by atoms with Gasteiger partial charge in [-0.2, -0.15) is 0 Å². The molecule has 0 aliphatic carbocycles. The zero-order valence-corrected chi connectivity index (χ0v) is 11.6. The number of aryl methyl sites for hydroxylation is 2. The molecule has 0 aliphatic rings. The molecule has 0 saturated carbocycles. The van der Waals surface area contributed by atoms with Gasteiger partial charge < -0.3 is 5.32 Å². The van der Waals surface area contributed by atoms with Crippen LogP contribution in [0.5, 0.6) is 0 Å². The molecule has 1 atom stereocenters. The van der Waals surface area contributed by atoms with E-state index in [1.54, 1.807) is 16.0 Å². The number of aromatic nitrogens is 4. The Morgan fingerprint density at radius 1 is 1.56 bits per heavy atom. The van der Waals surface area contributed by atoms with Crippen LogP contribution in [0, 0.1) is 6.92 Å². The van der Waals surface area contributed by atoms with Gasteiger partial charge in [-0.25, -0.2) is 9.67 Å². The molecule has 0 amide bonds. The number of nitrogens with zero attached hydrogens (tertiary/aromatic N) is 4. The first-order valence-corrected chi connectivity index (χ1v) is 6.44. The fourth-order valence-corrected chi connectivity index (χ4v) is 3.09. The summed E-state index contributed by atoms with van der Waals surface area (Å²) < 4.78 is 2.53. The highest BCUT2D eigenvalue weighted by Crippen LogP contribution is 2.30. The van der Waals surface area contributed by atoms with E-state index >= 15 is 0 Å². The monoisotopic (exact) mass is 301 g/mol. The van der Waals surface area contributed by atoms with Crippen LogP contribution in [-0.4, -0.2) is 27.0 Å². The molecule has 5 nitrogen and oxygen atoms in total. The molecule has 0 bridgehead atoms. The van der Waals surface area contributed by atoms with Crippen molar-refractivity contribution in [3.63, 3.8) is 0 Å². The molecule has 0 saturated heterocycles. The third kappa shape index (κ3) is 1.90. The van der Waals surface area contributed by atoms with Gasteiger partial charge in [0.05, 0.1) is 27.8 Å². The predicted molar refractivity (Wildman–Crippen MR) is 66.5 cm³/mol. The van der Waals surface area contributed by atoms with Crippen molar-refractivity contribution < 1.29 is 0 Å². The van der Waals surface area contributed by atoms with E-state index in [-0.39, 0.29) is 6.04 Å². The first-order chi connectivity index (χ1) is 7.65. The normalized spacial score (nSPS) is 13.0. The second kappa shape index (κ2) is 4.60. The Morgan fingerprint density at radius 3 is 2.75 bits per heavy atom. The standard InChI is InChI=1S/C9H12BrN5S/c1-5-8(16-4-12-5)6(11-2)7-9(10)13-14-15(7)3/h4,6,11H,1-3H3. The maximum atomic E-state index is 4.27. The highest BCUT2D eigenvalue weighted by molar-refractivity contribution is 9.10. The summed E-state index contributed by atoms with van der Waals surface area (Å²) in [5.74, 6) is 0. The van der Waals surface area contributed by atoms with Crippen molar-refractivity contribution in [1.29, 1.82) is 0 Å². The van der Waals surface area contributed by atoms with Crippen LogP contribution in [0.4, 0.5) is 0 Å². The van der Waals surface area contributed by atoms with Crippen LogP contribution in [0.1, 0.15) is 22.3 Å². The maximum Gasteiger partial charge on any atom is 0.153 e. The molecule has 2 aromatic heterocycles. The number of nitrogens with one attached hydrogen (secondary N) is 1. The Morgan fingerprint density at radius 2 is 2.31 bits per heavy atom. The third-order valence-corrected chi connectivity index (χ3v) is 3.99. The maximum absolute atomic E-state index is 4.27. The van der Waals surface area contributed by atoms with Gasteiger partial charge in [0.25, 0.3) is 0 Å². The fraction of sp³-hybridized carbons (Fsp3) is 0.444. The van der Waals surface area contributed by atoms with Gasteiger partial charge in [0.15, 0.2) is 4.60 Å². The first kappa shape index (κ1) is 11.7. The van der Waals surface area contributed by atoms with Gasteiger partial charge in [0, 0.05) is 7.05 Å². The van der Waals surface area contributed by atoms with E-state index < -0.39 is 0 Å². The number of thiazole rings is 1. The molecule has 0 radical (unpaired) electrons. The second-order valence-corrected chi connectivity index (χ2v) is 5.05. The highest BCUT2D eigenvalue weighted by Gasteiger charge is 2.23. The molecular weight excluding hydrogens is 290 g/mol. The Kier molecular flexibility index (Phi) is 3.36. The van der Waals surface area contributed by atoms with E-state index in [0.717, 1.165) is 16.0 Å². The van der Waals surface area contributed by atoms with E-state index in [9.17, 15) is 0 Å². The summed E-state index contributed by atoms with van der Waals surface area (Å²) in [7, 11) is 3.80. The Labute approximate surface area is 106 Å². The summed E-state index contributed by atoms with van der Waals surface area (Å²) in [5, 5.41) is 11.3. The molecule has 2 aromatic rings. The molecule has 1 N–H and O–H groups in total. The summed E-state index contributed by atoms with van der Waals surface area (Å²) in [6.07, 6.45) is 0. The Bertz CT molecular complexity index is 472. The molecule has 0 fully saturated rings. The SMILES string of the molecule is CNC(c1scnc1C)c1c(Br)nnn1C. The second-order valence-electron chi connectivity index (χ2n) is 3.41. The summed E-state index contributed by atoms with van der Waals surface area (Å²) in [6, 6.07) is 0.0712. The number of hydrogen-bond donors (Lipinski definition) is 1. The zero-order chi connectivity index (χ0) is 11.7. The average molecular weight is 302 g/mol. The molecule has 1 unspecified atom stereocenters.